The number of aromatic amines is 1. The van der Waals surface area contributed by atoms with Crippen LogP contribution in [0, 0.1) is 5.82 Å². The van der Waals surface area contributed by atoms with Crippen molar-refractivity contribution in [3.63, 3.8) is 0 Å². The number of fused-ring (bicyclic) bond motifs is 1. The summed E-state index contributed by atoms with van der Waals surface area (Å²) in [6.07, 6.45) is -3.14. The topological polar surface area (TPSA) is 58.6 Å². The molecule has 0 atom stereocenters. The first-order chi connectivity index (χ1) is 13.8. The molecule has 1 N–H and O–H groups in total. The number of aryl methyl sites for hydroxylation is 1. The molecule has 1 aromatic carbocycles. The third-order valence-electron chi connectivity index (χ3n) is 4.49. The lowest BCUT2D eigenvalue weighted by atomic mass is 10.0. The van der Waals surface area contributed by atoms with Gasteiger partial charge in [0, 0.05) is 28.9 Å². The smallest absolute Gasteiger partial charge is 0.294 e. The average molecular weight is 419 g/mol. The molecule has 4 aromatic rings. The molecule has 3 aromatic heterocycles. The number of H-pyrrole nitrogens is 1. The van der Waals surface area contributed by atoms with Crippen LogP contribution in [0.1, 0.15) is 27.9 Å². The maximum atomic E-state index is 13.9. The van der Waals surface area contributed by atoms with Gasteiger partial charge in [-0.3, -0.25) is 9.89 Å². The first-order valence-corrected chi connectivity index (χ1v) is 9.48. The van der Waals surface area contributed by atoms with E-state index >= 15 is 0 Å². The summed E-state index contributed by atoms with van der Waals surface area (Å²) < 4.78 is 52.3. The maximum Gasteiger partial charge on any atom is 0.416 e. The molecule has 0 saturated carbocycles. The standard InChI is InChI=1S/C20H13F4N3OS/c21-15-5-4-13(20(22,23)24)8-11(15)3-6-16(28)12-9-17(29-10-12)18-14-2-1-7-25-19(14)27-26-18/h1-2,4-5,7-10H,3,6H2,(H,25,26,27). The molecule has 0 unspecified atom stereocenters. The number of ketones is 1. The molecule has 9 heteroatoms. The molecule has 0 radical (unpaired) electrons. The predicted octanol–water partition coefficient (Wildman–Crippen LogP) is 5.66. The van der Waals surface area contributed by atoms with Crippen molar-refractivity contribution in [1.82, 2.24) is 15.2 Å². The number of carbonyl (C=O) groups is 1. The molecule has 4 nitrogen and oxygen atoms in total. The second kappa shape index (κ2) is 7.40. The summed E-state index contributed by atoms with van der Waals surface area (Å²) >= 11 is 1.34. The molecule has 0 aliphatic carbocycles. The molecule has 3 heterocycles. The molecular formula is C20H13F4N3OS. The Morgan fingerprint density at radius 1 is 1.17 bits per heavy atom. The number of alkyl halides is 3. The molecule has 0 aliphatic rings. The van der Waals surface area contributed by atoms with Gasteiger partial charge in [0.1, 0.15) is 5.82 Å². The van der Waals surface area contributed by atoms with Gasteiger partial charge < -0.3 is 0 Å². The van der Waals surface area contributed by atoms with Crippen LogP contribution in [-0.2, 0) is 12.6 Å². The van der Waals surface area contributed by atoms with Crippen molar-refractivity contribution in [3.05, 3.63) is 70.5 Å². The predicted molar refractivity (Wildman–Crippen MR) is 101 cm³/mol. The first-order valence-electron chi connectivity index (χ1n) is 8.60. The zero-order valence-corrected chi connectivity index (χ0v) is 15.6. The Kier molecular flexibility index (Phi) is 4.91. The van der Waals surface area contributed by atoms with Crippen molar-refractivity contribution in [2.45, 2.75) is 19.0 Å². The summed E-state index contributed by atoms with van der Waals surface area (Å²) in [7, 11) is 0. The Balaban J connectivity index is 1.51. The molecule has 0 aliphatic heterocycles. The lowest BCUT2D eigenvalue weighted by Gasteiger charge is -2.09. The number of pyridine rings is 1. The Morgan fingerprint density at radius 2 is 2.00 bits per heavy atom. The minimum atomic E-state index is -4.56. The molecule has 29 heavy (non-hydrogen) atoms. The Labute approximate surface area is 166 Å². The number of thiophene rings is 1. The third-order valence-corrected chi connectivity index (χ3v) is 5.44. The van der Waals surface area contributed by atoms with E-state index < -0.39 is 17.6 Å². The molecular weight excluding hydrogens is 406 g/mol. The number of hydrogen-bond acceptors (Lipinski definition) is 4. The minimum Gasteiger partial charge on any atom is -0.294 e. The number of benzene rings is 1. The van der Waals surface area contributed by atoms with Crippen molar-refractivity contribution in [3.8, 4) is 10.6 Å². The van der Waals surface area contributed by atoms with E-state index in [9.17, 15) is 22.4 Å². The van der Waals surface area contributed by atoms with E-state index in [0.717, 1.165) is 28.1 Å². The first kappa shape index (κ1) is 19.3. The van der Waals surface area contributed by atoms with Crippen LogP contribution in [0.15, 0.2) is 48.0 Å². The van der Waals surface area contributed by atoms with Crippen molar-refractivity contribution in [2.75, 3.05) is 0 Å². The molecule has 0 fully saturated rings. The molecule has 0 bridgehead atoms. The van der Waals surface area contributed by atoms with Gasteiger partial charge in [-0.05, 0) is 48.4 Å². The van der Waals surface area contributed by atoms with Crippen LogP contribution >= 0.6 is 11.3 Å². The number of carbonyl (C=O) groups excluding carboxylic acids is 1. The van der Waals surface area contributed by atoms with Crippen LogP contribution in [0.25, 0.3) is 21.6 Å². The molecule has 148 valence electrons. The van der Waals surface area contributed by atoms with Gasteiger partial charge in [0.2, 0.25) is 0 Å². The van der Waals surface area contributed by atoms with Gasteiger partial charge in [0.05, 0.1) is 16.1 Å². The summed E-state index contributed by atoms with van der Waals surface area (Å²) in [5.41, 5.74) is 0.655. The summed E-state index contributed by atoms with van der Waals surface area (Å²) in [6, 6.07) is 7.56. The average Bonchev–Trinajstić information content (AvgIpc) is 3.33. The fourth-order valence-electron chi connectivity index (χ4n) is 2.99. The Hall–Kier alpha value is -3.07. The van der Waals surface area contributed by atoms with Crippen LogP contribution in [0.5, 0.6) is 0 Å². The van der Waals surface area contributed by atoms with Crippen molar-refractivity contribution < 1.29 is 22.4 Å². The second-order valence-corrected chi connectivity index (χ2v) is 7.31. The lowest BCUT2D eigenvalue weighted by molar-refractivity contribution is -0.137. The zero-order valence-electron chi connectivity index (χ0n) is 14.8. The fourth-order valence-corrected chi connectivity index (χ4v) is 3.91. The van der Waals surface area contributed by atoms with Gasteiger partial charge in [-0.1, -0.05) is 0 Å². The Morgan fingerprint density at radius 3 is 2.79 bits per heavy atom. The molecule has 0 amide bonds. The quantitative estimate of drug-likeness (QED) is 0.335. The van der Waals surface area contributed by atoms with E-state index in [-0.39, 0.29) is 24.2 Å². The highest BCUT2D eigenvalue weighted by molar-refractivity contribution is 7.14. The van der Waals surface area contributed by atoms with E-state index in [1.165, 1.54) is 11.3 Å². The largest absolute Gasteiger partial charge is 0.416 e. The fraction of sp³-hybridized carbons (Fsp3) is 0.150. The maximum absolute atomic E-state index is 13.9. The van der Waals surface area contributed by atoms with Crippen LogP contribution in [0.4, 0.5) is 17.6 Å². The summed E-state index contributed by atoms with van der Waals surface area (Å²) in [4.78, 5) is 17.4. The number of hydrogen-bond donors (Lipinski definition) is 1. The van der Waals surface area contributed by atoms with E-state index in [4.69, 9.17) is 0 Å². The van der Waals surface area contributed by atoms with Crippen molar-refractivity contribution >= 4 is 28.2 Å². The van der Waals surface area contributed by atoms with Crippen molar-refractivity contribution in [2.24, 2.45) is 0 Å². The van der Waals surface area contributed by atoms with Crippen LogP contribution < -0.4 is 0 Å². The molecule has 4 rings (SSSR count). The van der Waals surface area contributed by atoms with Gasteiger partial charge in [-0.25, -0.2) is 9.37 Å². The third kappa shape index (κ3) is 3.91. The van der Waals surface area contributed by atoms with Crippen LogP contribution in [0.3, 0.4) is 0 Å². The van der Waals surface area contributed by atoms with Crippen LogP contribution in [0.2, 0.25) is 0 Å². The number of aromatic nitrogens is 3. The summed E-state index contributed by atoms with van der Waals surface area (Å²) in [5, 5.41) is 9.50. The summed E-state index contributed by atoms with van der Waals surface area (Å²) in [6.45, 7) is 0. The van der Waals surface area contributed by atoms with E-state index in [1.807, 2.05) is 6.07 Å². The highest BCUT2D eigenvalue weighted by Gasteiger charge is 2.31. The highest BCUT2D eigenvalue weighted by atomic mass is 32.1. The van der Waals surface area contributed by atoms with E-state index in [2.05, 4.69) is 15.2 Å². The van der Waals surface area contributed by atoms with Gasteiger partial charge >= 0.3 is 6.18 Å². The van der Waals surface area contributed by atoms with Gasteiger partial charge in [0.15, 0.2) is 11.4 Å². The van der Waals surface area contributed by atoms with Gasteiger partial charge in [-0.15, -0.1) is 11.3 Å². The Bertz CT molecular complexity index is 1200. The number of nitrogens with one attached hydrogen (secondary N) is 1. The van der Waals surface area contributed by atoms with Crippen LogP contribution in [-0.4, -0.2) is 21.0 Å². The number of rotatable bonds is 5. The minimum absolute atomic E-state index is 0.0975. The monoisotopic (exact) mass is 419 g/mol. The van der Waals surface area contributed by atoms with E-state index in [1.54, 1.807) is 23.7 Å². The second-order valence-electron chi connectivity index (χ2n) is 6.40. The number of Topliss-reactive ketones (excluding diaryl/α,β-unsaturated/α-hetero) is 1. The normalized spacial score (nSPS) is 11.9. The highest BCUT2D eigenvalue weighted by Crippen LogP contribution is 2.32. The molecule has 0 saturated heterocycles. The zero-order chi connectivity index (χ0) is 20.6. The van der Waals surface area contributed by atoms with E-state index in [0.29, 0.717) is 17.3 Å². The van der Waals surface area contributed by atoms with Crippen molar-refractivity contribution in [1.29, 1.82) is 0 Å². The summed E-state index contributed by atoms with van der Waals surface area (Å²) in [5.74, 6) is -1.03. The lowest BCUT2D eigenvalue weighted by Crippen LogP contribution is -2.07. The number of nitrogens with zero attached hydrogens (tertiary/aromatic N) is 2. The SMILES string of the molecule is O=C(CCc1cc(C(F)(F)F)ccc1F)c1csc(-c2[nH]nc3ncccc23)c1. The van der Waals surface area contributed by atoms with Gasteiger partial charge in [0.25, 0.3) is 0 Å². The van der Waals surface area contributed by atoms with Gasteiger partial charge in [-0.2, -0.15) is 18.3 Å². The number of halogens is 4. The molecule has 0 spiro atoms.